The summed E-state index contributed by atoms with van der Waals surface area (Å²) in [5.41, 5.74) is 8.05. The van der Waals surface area contributed by atoms with E-state index in [1.54, 1.807) is 11.1 Å². The fourth-order valence-electron chi connectivity index (χ4n) is 4.33. The van der Waals surface area contributed by atoms with E-state index in [0.717, 1.165) is 0 Å². The summed E-state index contributed by atoms with van der Waals surface area (Å²) >= 11 is 0. The molecule has 4 rings (SSSR count). The van der Waals surface area contributed by atoms with Crippen LogP contribution < -0.4 is 5.32 Å². The number of aryl methyl sites for hydroxylation is 1. The zero-order valence-corrected chi connectivity index (χ0v) is 11.2. The molecule has 0 bridgehead atoms. The topological polar surface area (TPSA) is 12.0 Å². The van der Waals surface area contributed by atoms with Crippen LogP contribution in [0, 0.1) is 6.92 Å². The van der Waals surface area contributed by atoms with Crippen molar-refractivity contribution in [2.45, 2.75) is 57.4 Å². The van der Waals surface area contributed by atoms with Gasteiger partial charge in [0.2, 0.25) is 0 Å². The second-order valence-electron chi connectivity index (χ2n) is 6.27. The standard InChI is InChI=1S/C17H21N/c1-12-7-8-14-13-5-4-6-15(13)17(9-2-3-10-17)18-16(14)11-12/h7-8,11,18H,2-6,9-10H2,1H3. The number of hydrogen-bond acceptors (Lipinski definition) is 1. The molecule has 1 spiro atoms. The van der Waals surface area contributed by atoms with Gasteiger partial charge in [-0.25, -0.2) is 0 Å². The molecule has 1 aromatic carbocycles. The van der Waals surface area contributed by atoms with Crippen LogP contribution in [0.2, 0.25) is 0 Å². The Morgan fingerprint density at radius 1 is 1.06 bits per heavy atom. The molecule has 3 aliphatic rings. The van der Waals surface area contributed by atoms with Crippen LogP contribution in [0.15, 0.2) is 23.8 Å². The zero-order chi connectivity index (χ0) is 12.2. The highest BCUT2D eigenvalue weighted by atomic mass is 15.0. The minimum Gasteiger partial charge on any atom is -0.375 e. The Labute approximate surface area is 109 Å². The Kier molecular flexibility index (Phi) is 2.15. The number of benzene rings is 1. The minimum atomic E-state index is 0.340. The highest BCUT2D eigenvalue weighted by molar-refractivity contribution is 5.85. The maximum atomic E-state index is 3.93. The average Bonchev–Trinajstić information content (AvgIpc) is 2.98. The fourth-order valence-corrected chi connectivity index (χ4v) is 4.33. The molecule has 0 radical (unpaired) electrons. The summed E-state index contributed by atoms with van der Waals surface area (Å²) in [5, 5.41) is 3.93. The van der Waals surface area contributed by atoms with E-state index in [2.05, 4.69) is 30.4 Å². The van der Waals surface area contributed by atoms with E-state index in [1.807, 2.05) is 0 Å². The van der Waals surface area contributed by atoms with Crippen molar-refractivity contribution >= 4 is 11.3 Å². The molecule has 0 atom stereocenters. The van der Waals surface area contributed by atoms with E-state index in [9.17, 15) is 0 Å². The Hall–Kier alpha value is -1.24. The number of rotatable bonds is 0. The largest absolute Gasteiger partial charge is 0.375 e. The second kappa shape index (κ2) is 3.63. The lowest BCUT2D eigenvalue weighted by Crippen LogP contribution is -2.39. The van der Waals surface area contributed by atoms with Crippen LogP contribution in [0.4, 0.5) is 5.69 Å². The van der Waals surface area contributed by atoms with Crippen LogP contribution >= 0.6 is 0 Å². The highest BCUT2D eigenvalue weighted by Gasteiger charge is 2.43. The third kappa shape index (κ3) is 1.33. The van der Waals surface area contributed by atoms with Gasteiger partial charge >= 0.3 is 0 Å². The molecule has 0 saturated heterocycles. The summed E-state index contributed by atoms with van der Waals surface area (Å²) < 4.78 is 0. The molecule has 18 heavy (non-hydrogen) atoms. The van der Waals surface area contributed by atoms with Gasteiger partial charge in [0.15, 0.2) is 0 Å². The van der Waals surface area contributed by atoms with E-state index in [1.165, 1.54) is 61.8 Å². The summed E-state index contributed by atoms with van der Waals surface area (Å²) in [6, 6.07) is 6.94. The van der Waals surface area contributed by atoms with Crippen molar-refractivity contribution in [1.29, 1.82) is 0 Å². The molecule has 1 nitrogen and oxygen atoms in total. The van der Waals surface area contributed by atoms with E-state index in [0.29, 0.717) is 5.54 Å². The first-order chi connectivity index (χ1) is 8.78. The lowest BCUT2D eigenvalue weighted by molar-refractivity contribution is 0.545. The number of fused-ring (bicyclic) bond motifs is 3. The molecule has 1 heterocycles. The molecule has 0 amide bonds. The predicted octanol–water partition coefficient (Wildman–Crippen LogP) is 4.67. The molecule has 1 aliphatic heterocycles. The zero-order valence-electron chi connectivity index (χ0n) is 11.2. The van der Waals surface area contributed by atoms with Gasteiger partial charge in [0.05, 0.1) is 5.54 Å². The average molecular weight is 239 g/mol. The van der Waals surface area contributed by atoms with E-state index in [-0.39, 0.29) is 0 Å². The van der Waals surface area contributed by atoms with Crippen molar-refractivity contribution in [3.8, 4) is 0 Å². The maximum Gasteiger partial charge on any atom is 0.0591 e. The van der Waals surface area contributed by atoms with Crippen LogP contribution in [0.1, 0.15) is 56.1 Å². The van der Waals surface area contributed by atoms with Crippen molar-refractivity contribution < 1.29 is 0 Å². The molecular weight excluding hydrogens is 218 g/mol. The van der Waals surface area contributed by atoms with Crippen molar-refractivity contribution in [2.24, 2.45) is 0 Å². The lowest BCUT2D eigenvalue weighted by Gasteiger charge is -2.39. The lowest BCUT2D eigenvalue weighted by atomic mass is 9.79. The maximum absolute atomic E-state index is 3.93. The molecule has 1 saturated carbocycles. The molecule has 2 aliphatic carbocycles. The van der Waals surface area contributed by atoms with E-state index >= 15 is 0 Å². The van der Waals surface area contributed by atoms with Gasteiger partial charge in [-0.2, -0.15) is 0 Å². The predicted molar refractivity (Wildman–Crippen MR) is 76.8 cm³/mol. The van der Waals surface area contributed by atoms with Crippen molar-refractivity contribution in [2.75, 3.05) is 5.32 Å². The molecule has 1 aromatic rings. The molecule has 1 fully saturated rings. The molecule has 94 valence electrons. The summed E-state index contributed by atoms with van der Waals surface area (Å²) in [5.74, 6) is 0. The van der Waals surface area contributed by atoms with Gasteiger partial charge < -0.3 is 5.32 Å². The second-order valence-corrected chi connectivity index (χ2v) is 6.27. The Morgan fingerprint density at radius 2 is 1.89 bits per heavy atom. The first kappa shape index (κ1) is 10.7. The van der Waals surface area contributed by atoms with Gasteiger partial charge in [0, 0.05) is 11.3 Å². The van der Waals surface area contributed by atoms with Crippen molar-refractivity contribution in [3.63, 3.8) is 0 Å². The SMILES string of the molecule is Cc1ccc2c(c1)NC1(CCCC1)C1=C2CCC1. The van der Waals surface area contributed by atoms with Gasteiger partial charge in [-0.15, -0.1) is 0 Å². The normalized spacial score (nSPS) is 24.1. The monoisotopic (exact) mass is 239 g/mol. The summed E-state index contributed by atoms with van der Waals surface area (Å²) in [4.78, 5) is 0. The van der Waals surface area contributed by atoms with Gasteiger partial charge in [-0.3, -0.25) is 0 Å². The quantitative estimate of drug-likeness (QED) is 0.693. The number of allylic oxidation sites excluding steroid dienone is 1. The third-order valence-corrected chi connectivity index (χ3v) is 5.13. The highest BCUT2D eigenvalue weighted by Crippen LogP contribution is 2.52. The summed E-state index contributed by atoms with van der Waals surface area (Å²) in [7, 11) is 0. The molecule has 1 N–H and O–H groups in total. The van der Waals surface area contributed by atoms with Crippen LogP contribution in [-0.4, -0.2) is 5.54 Å². The molecule has 0 aromatic heterocycles. The Morgan fingerprint density at radius 3 is 2.72 bits per heavy atom. The molecule has 1 heteroatoms. The Bertz CT molecular complexity index is 533. The summed E-state index contributed by atoms with van der Waals surface area (Å²) in [6.45, 7) is 2.20. The van der Waals surface area contributed by atoms with Crippen LogP contribution in [0.3, 0.4) is 0 Å². The first-order valence-corrected chi connectivity index (χ1v) is 7.40. The number of nitrogens with one attached hydrogen (secondary N) is 1. The molecular formula is C17H21N. The van der Waals surface area contributed by atoms with Crippen LogP contribution in [-0.2, 0) is 0 Å². The third-order valence-electron chi connectivity index (χ3n) is 5.13. The van der Waals surface area contributed by atoms with Crippen LogP contribution in [0.25, 0.3) is 5.57 Å². The fraction of sp³-hybridized carbons (Fsp3) is 0.529. The minimum absolute atomic E-state index is 0.340. The first-order valence-electron chi connectivity index (χ1n) is 7.40. The Balaban J connectivity index is 1.91. The van der Waals surface area contributed by atoms with E-state index in [4.69, 9.17) is 0 Å². The number of anilines is 1. The van der Waals surface area contributed by atoms with Crippen molar-refractivity contribution in [3.05, 3.63) is 34.9 Å². The molecule has 0 unspecified atom stereocenters. The van der Waals surface area contributed by atoms with Gasteiger partial charge in [0.25, 0.3) is 0 Å². The van der Waals surface area contributed by atoms with Crippen molar-refractivity contribution in [1.82, 2.24) is 0 Å². The van der Waals surface area contributed by atoms with Gasteiger partial charge in [-0.05, 0) is 61.8 Å². The number of hydrogen-bond donors (Lipinski definition) is 1. The summed E-state index contributed by atoms with van der Waals surface area (Å²) in [6.07, 6.45) is 9.47. The van der Waals surface area contributed by atoms with Gasteiger partial charge in [-0.1, -0.05) is 25.0 Å². The van der Waals surface area contributed by atoms with E-state index < -0.39 is 0 Å². The van der Waals surface area contributed by atoms with Gasteiger partial charge in [0.1, 0.15) is 0 Å². The van der Waals surface area contributed by atoms with Crippen LogP contribution in [0.5, 0.6) is 0 Å². The smallest absolute Gasteiger partial charge is 0.0591 e.